The van der Waals surface area contributed by atoms with Gasteiger partial charge in [-0.05, 0) is 52.0 Å². The quantitative estimate of drug-likeness (QED) is 0.374. The average Bonchev–Trinajstić information content (AvgIpc) is 3.15. The van der Waals surface area contributed by atoms with E-state index in [9.17, 15) is 14.4 Å². The van der Waals surface area contributed by atoms with Crippen LogP contribution in [0, 0.1) is 0 Å². The van der Waals surface area contributed by atoms with Crippen molar-refractivity contribution in [1.82, 2.24) is 0 Å². The lowest BCUT2D eigenvalue weighted by Crippen LogP contribution is -2.24. The number of rotatable bonds is 8. The summed E-state index contributed by atoms with van der Waals surface area (Å²) in [5.41, 5.74) is 2.27. The molecule has 2 rings (SSSR count). The summed E-state index contributed by atoms with van der Waals surface area (Å²) < 4.78 is 4.96. The molecule has 1 aromatic heterocycles. The van der Waals surface area contributed by atoms with Crippen molar-refractivity contribution in [3.63, 3.8) is 0 Å². The molecule has 1 aromatic rings. The van der Waals surface area contributed by atoms with Crippen molar-refractivity contribution in [1.29, 1.82) is 0 Å². The van der Waals surface area contributed by atoms with E-state index < -0.39 is 0 Å². The molecule has 0 aromatic carbocycles. The van der Waals surface area contributed by atoms with Crippen LogP contribution >= 0.6 is 11.3 Å². The number of unbranched alkanes of at least 4 members (excludes halogenated alkanes) is 1. The number of thiophene rings is 1. The first kappa shape index (κ1) is 20.3. The second-order valence-electron chi connectivity index (χ2n) is 6.57. The van der Waals surface area contributed by atoms with Crippen LogP contribution < -0.4 is 0 Å². The van der Waals surface area contributed by atoms with Gasteiger partial charge in [0.2, 0.25) is 0 Å². The Balaban J connectivity index is 2.20. The van der Waals surface area contributed by atoms with Crippen molar-refractivity contribution < 1.29 is 19.1 Å². The van der Waals surface area contributed by atoms with Gasteiger partial charge in [-0.3, -0.25) is 14.4 Å². The third-order valence-electron chi connectivity index (χ3n) is 4.90. The van der Waals surface area contributed by atoms with E-state index in [0.717, 1.165) is 17.7 Å². The van der Waals surface area contributed by atoms with Gasteiger partial charge in [0.05, 0.1) is 6.61 Å². The lowest BCUT2D eigenvalue weighted by Gasteiger charge is -2.25. The standard InChI is InChI=1S/C21H26O4S/c1-5-25-18(22)11-7-6-9-16(17-10-8-12-26-17)19-15(4)20(23)13(2)14(3)21(19)24/h8,10,12,16H,5-7,9,11H2,1-4H3. The Morgan fingerprint density at radius 3 is 2.38 bits per heavy atom. The first-order valence-electron chi connectivity index (χ1n) is 9.05. The Bertz CT molecular complexity index is 753. The summed E-state index contributed by atoms with van der Waals surface area (Å²) in [6.07, 6.45) is 2.62. The maximum atomic E-state index is 12.9. The highest BCUT2D eigenvalue weighted by Crippen LogP contribution is 2.39. The van der Waals surface area contributed by atoms with E-state index in [1.165, 1.54) is 0 Å². The summed E-state index contributed by atoms with van der Waals surface area (Å²) in [6.45, 7) is 7.39. The molecule has 1 atom stereocenters. The van der Waals surface area contributed by atoms with E-state index >= 15 is 0 Å². The molecule has 0 amide bonds. The molecule has 26 heavy (non-hydrogen) atoms. The number of carbonyl (C=O) groups is 3. The highest BCUT2D eigenvalue weighted by Gasteiger charge is 2.33. The molecular formula is C21H26O4S. The van der Waals surface area contributed by atoms with Crippen LogP contribution in [0.4, 0.5) is 0 Å². The van der Waals surface area contributed by atoms with Gasteiger partial charge in [-0.2, -0.15) is 0 Å². The van der Waals surface area contributed by atoms with Crippen LogP contribution in [0.3, 0.4) is 0 Å². The van der Waals surface area contributed by atoms with Crippen LogP contribution in [-0.2, 0) is 19.1 Å². The highest BCUT2D eigenvalue weighted by atomic mass is 32.1. The van der Waals surface area contributed by atoms with E-state index in [1.54, 1.807) is 39.0 Å². The molecule has 5 heteroatoms. The number of carbonyl (C=O) groups excluding carboxylic acids is 3. The Morgan fingerprint density at radius 2 is 1.77 bits per heavy atom. The van der Waals surface area contributed by atoms with E-state index in [4.69, 9.17) is 4.74 Å². The predicted octanol–water partition coefficient (Wildman–Crippen LogP) is 4.76. The van der Waals surface area contributed by atoms with Crippen LogP contribution in [0.5, 0.6) is 0 Å². The predicted molar refractivity (Wildman–Crippen MR) is 103 cm³/mol. The van der Waals surface area contributed by atoms with Crippen molar-refractivity contribution in [3.8, 4) is 0 Å². The summed E-state index contributed by atoms with van der Waals surface area (Å²) in [5, 5.41) is 1.99. The fourth-order valence-corrected chi connectivity index (χ4v) is 4.18. The summed E-state index contributed by atoms with van der Waals surface area (Å²) in [5.74, 6) is -0.348. The van der Waals surface area contributed by atoms with Gasteiger partial charge in [0.25, 0.3) is 0 Å². The normalized spacial score (nSPS) is 16.3. The maximum absolute atomic E-state index is 12.9. The number of hydrogen-bond acceptors (Lipinski definition) is 5. The number of esters is 1. The smallest absolute Gasteiger partial charge is 0.305 e. The fourth-order valence-electron chi connectivity index (χ4n) is 3.31. The second-order valence-corrected chi connectivity index (χ2v) is 7.55. The molecule has 0 spiro atoms. The lowest BCUT2D eigenvalue weighted by atomic mass is 9.78. The maximum Gasteiger partial charge on any atom is 0.305 e. The topological polar surface area (TPSA) is 60.4 Å². The molecule has 0 saturated carbocycles. The number of hydrogen-bond donors (Lipinski definition) is 0. The fraction of sp³-hybridized carbons (Fsp3) is 0.476. The van der Waals surface area contributed by atoms with Crippen LogP contribution in [-0.4, -0.2) is 24.1 Å². The van der Waals surface area contributed by atoms with Gasteiger partial charge in [0, 0.05) is 39.5 Å². The third-order valence-corrected chi connectivity index (χ3v) is 5.88. The largest absolute Gasteiger partial charge is 0.466 e. The number of allylic oxidation sites excluding steroid dienone is 4. The first-order chi connectivity index (χ1) is 12.4. The van der Waals surface area contributed by atoms with Gasteiger partial charge < -0.3 is 4.74 Å². The summed E-state index contributed by atoms with van der Waals surface area (Å²) >= 11 is 1.60. The Morgan fingerprint density at radius 1 is 1.08 bits per heavy atom. The highest BCUT2D eigenvalue weighted by molar-refractivity contribution is 7.10. The van der Waals surface area contributed by atoms with E-state index in [1.807, 2.05) is 17.5 Å². The van der Waals surface area contributed by atoms with E-state index in [-0.39, 0.29) is 23.5 Å². The molecule has 1 unspecified atom stereocenters. The molecule has 0 saturated heterocycles. The summed E-state index contributed by atoms with van der Waals surface area (Å²) in [4.78, 5) is 38.0. The lowest BCUT2D eigenvalue weighted by molar-refractivity contribution is -0.143. The summed E-state index contributed by atoms with van der Waals surface area (Å²) in [7, 11) is 0. The zero-order valence-electron chi connectivity index (χ0n) is 15.9. The SMILES string of the molecule is CCOC(=O)CCCCC(C1=C(C)C(=O)C(C)=C(C)C1=O)c1cccs1. The second kappa shape index (κ2) is 9.08. The minimum absolute atomic E-state index is 0.0246. The Kier molecular flexibility index (Phi) is 7.09. The van der Waals surface area contributed by atoms with Crippen molar-refractivity contribution in [2.45, 2.75) is 59.3 Å². The molecule has 1 aliphatic rings. The minimum atomic E-state index is -0.186. The summed E-state index contributed by atoms with van der Waals surface area (Å²) in [6, 6.07) is 3.98. The molecule has 0 fully saturated rings. The molecular weight excluding hydrogens is 348 g/mol. The number of Topliss-reactive ketones (excluding diaryl/α,β-unsaturated/α-hetero) is 2. The first-order valence-corrected chi connectivity index (χ1v) is 9.93. The molecule has 140 valence electrons. The molecule has 0 radical (unpaired) electrons. The van der Waals surface area contributed by atoms with Gasteiger partial charge in [0.15, 0.2) is 11.6 Å². The number of ketones is 2. The van der Waals surface area contributed by atoms with Gasteiger partial charge in [-0.25, -0.2) is 0 Å². The minimum Gasteiger partial charge on any atom is -0.466 e. The van der Waals surface area contributed by atoms with Crippen molar-refractivity contribution in [3.05, 3.63) is 44.7 Å². The Labute approximate surface area is 158 Å². The molecule has 0 aliphatic heterocycles. The van der Waals surface area contributed by atoms with Gasteiger partial charge in [-0.1, -0.05) is 12.5 Å². The zero-order valence-corrected chi connectivity index (χ0v) is 16.7. The molecule has 4 nitrogen and oxygen atoms in total. The number of ether oxygens (including phenoxy) is 1. The van der Waals surface area contributed by atoms with Gasteiger partial charge in [-0.15, -0.1) is 11.3 Å². The molecule has 0 N–H and O–H groups in total. The van der Waals surface area contributed by atoms with Crippen LogP contribution in [0.15, 0.2) is 39.8 Å². The van der Waals surface area contributed by atoms with Crippen LogP contribution in [0.25, 0.3) is 0 Å². The van der Waals surface area contributed by atoms with Gasteiger partial charge >= 0.3 is 5.97 Å². The molecule has 1 aliphatic carbocycles. The van der Waals surface area contributed by atoms with E-state index in [2.05, 4.69) is 0 Å². The van der Waals surface area contributed by atoms with Crippen LogP contribution in [0.1, 0.15) is 64.2 Å². The Hall–Kier alpha value is -2.01. The monoisotopic (exact) mass is 374 g/mol. The van der Waals surface area contributed by atoms with Crippen molar-refractivity contribution in [2.24, 2.45) is 0 Å². The van der Waals surface area contributed by atoms with Gasteiger partial charge in [0.1, 0.15) is 0 Å². The van der Waals surface area contributed by atoms with Crippen LogP contribution in [0.2, 0.25) is 0 Å². The average molecular weight is 375 g/mol. The molecule has 1 heterocycles. The third kappa shape index (κ3) is 4.39. The molecule has 0 bridgehead atoms. The van der Waals surface area contributed by atoms with E-state index in [0.29, 0.717) is 41.7 Å². The zero-order chi connectivity index (χ0) is 19.3. The van der Waals surface area contributed by atoms with Crippen molar-refractivity contribution in [2.75, 3.05) is 6.61 Å². The van der Waals surface area contributed by atoms with Crippen molar-refractivity contribution >= 4 is 28.9 Å².